The summed E-state index contributed by atoms with van der Waals surface area (Å²) in [5.74, 6) is -0.156. The molecule has 5 heteroatoms. The summed E-state index contributed by atoms with van der Waals surface area (Å²) in [5.41, 5.74) is 1.91. The Hall–Kier alpha value is -2.40. The molecule has 1 aliphatic heterocycles. The SMILES string of the molecule is CC(=O)SC[C@@H](Cc1ccccc1)N1C(=O)c2ccccc2C1=O. The molecule has 0 saturated heterocycles. The molecule has 3 rings (SSSR count). The lowest BCUT2D eigenvalue weighted by Crippen LogP contribution is -2.43. The molecule has 0 spiro atoms. The fourth-order valence-corrected chi connectivity index (χ4v) is 3.56. The topological polar surface area (TPSA) is 54.5 Å². The molecule has 0 fully saturated rings. The maximum Gasteiger partial charge on any atom is 0.261 e. The van der Waals surface area contributed by atoms with Gasteiger partial charge in [-0.05, 0) is 24.1 Å². The summed E-state index contributed by atoms with van der Waals surface area (Å²) in [7, 11) is 0. The third-order valence-corrected chi connectivity index (χ3v) is 4.94. The lowest BCUT2D eigenvalue weighted by Gasteiger charge is -2.25. The highest BCUT2D eigenvalue weighted by atomic mass is 32.2. The van der Waals surface area contributed by atoms with E-state index in [1.165, 1.54) is 11.8 Å². The second-order valence-electron chi connectivity index (χ2n) is 5.67. The van der Waals surface area contributed by atoms with Crippen LogP contribution in [0, 0.1) is 0 Å². The van der Waals surface area contributed by atoms with Crippen molar-refractivity contribution in [1.29, 1.82) is 0 Å². The van der Waals surface area contributed by atoms with E-state index in [0.29, 0.717) is 23.3 Å². The van der Waals surface area contributed by atoms with Gasteiger partial charge in [-0.2, -0.15) is 0 Å². The van der Waals surface area contributed by atoms with Crippen LogP contribution < -0.4 is 0 Å². The zero-order chi connectivity index (χ0) is 17.1. The van der Waals surface area contributed by atoms with Gasteiger partial charge in [0.2, 0.25) is 0 Å². The van der Waals surface area contributed by atoms with Crippen molar-refractivity contribution in [2.75, 3.05) is 5.75 Å². The quantitative estimate of drug-likeness (QED) is 0.785. The highest BCUT2D eigenvalue weighted by Crippen LogP contribution is 2.27. The molecule has 0 saturated carbocycles. The van der Waals surface area contributed by atoms with Crippen LogP contribution in [0.2, 0.25) is 0 Å². The number of thioether (sulfide) groups is 1. The molecule has 122 valence electrons. The summed E-state index contributed by atoms with van der Waals surface area (Å²) in [5, 5.41) is -0.0235. The van der Waals surface area contributed by atoms with E-state index in [-0.39, 0.29) is 23.0 Å². The number of rotatable bonds is 5. The molecule has 2 amide bonds. The predicted molar refractivity (Wildman–Crippen MR) is 94.0 cm³/mol. The second-order valence-corrected chi connectivity index (χ2v) is 6.87. The molecule has 1 aliphatic rings. The van der Waals surface area contributed by atoms with Crippen molar-refractivity contribution in [2.24, 2.45) is 0 Å². The fourth-order valence-electron chi connectivity index (χ4n) is 2.86. The zero-order valence-corrected chi connectivity index (χ0v) is 14.1. The van der Waals surface area contributed by atoms with E-state index in [1.54, 1.807) is 24.3 Å². The molecular formula is C19H17NO3S. The zero-order valence-electron chi connectivity index (χ0n) is 13.3. The first kappa shape index (κ1) is 16.5. The molecule has 0 aromatic heterocycles. The van der Waals surface area contributed by atoms with E-state index in [0.717, 1.165) is 17.3 Å². The Bertz CT molecular complexity index is 753. The number of carbonyl (C=O) groups is 3. The minimum absolute atomic E-state index is 0.0235. The summed E-state index contributed by atoms with van der Waals surface area (Å²) in [4.78, 5) is 38.1. The van der Waals surface area contributed by atoms with Crippen LogP contribution in [0.5, 0.6) is 0 Å². The highest BCUT2D eigenvalue weighted by molar-refractivity contribution is 8.13. The lowest BCUT2D eigenvalue weighted by molar-refractivity contribution is -0.109. The number of amides is 2. The standard InChI is InChI=1S/C19H17NO3S/c1-13(21)24-12-15(11-14-7-3-2-4-8-14)20-18(22)16-9-5-6-10-17(16)19(20)23/h2-10,15H,11-12H2,1H3/t15-/m1/s1. The molecule has 1 atom stereocenters. The van der Waals surface area contributed by atoms with Gasteiger partial charge in [-0.3, -0.25) is 19.3 Å². The van der Waals surface area contributed by atoms with Crippen molar-refractivity contribution in [2.45, 2.75) is 19.4 Å². The summed E-state index contributed by atoms with van der Waals surface area (Å²) in [6, 6.07) is 16.2. The Morgan fingerprint density at radius 1 is 0.958 bits per heavy atom. The Morgan fingerprint density at radius 2 is 1.50 bits per heavy atom. The Morgan fingerprint density at radius 3 is 2.04 bits per heavy atom. The van der Waals surface area contributed by atoms with Crippen molar-refractivity contribution in [3.63, 3.8) is 0 Å². The molecule has 1 heterocycles. The lowest BCUT2D eigenvalue weighted by atomic mass is 10.1. The third kappa shape index (κ3) is 3.26. The minimum atomic E-state index is -0.353. The van der Waals surface area contributed by atoms with Crippen LogP contribution in [-0.4, -0.2) is 33.6 Å². The monoisotopic (exact) mass is 339 g/mol. The van der Waals surface area contributed by atoms with Gasteiger partial charge in [0.25, 0.3) is 11.8 Å². The first-order valence-electron chi connectivity index (χ1n) is 7.72. The van der Waals surface area contributed by atoms with Gasteiger partial charge in [0, 0.05) is 12.7 Å². The van der Waals surface area contributed by atoms with E-state index in [2.05, 4.69) is 0 Å². The highest BCUT2D eigenvalue weighted by Gasteiger charge is 2.39. The minimum Gasteiger partial charge on any atom is -0.288 e. The van der Waals surface area contributed by atoms with Gasteiger partial charge in [0.1, 0.15) is 0 Å². The fraction of sp³-hybridized carbons (Fsp3) is 0.211. The Kier molecular flexibility index (Phi) is 4.81. The second kappa shape index (κ2) is 7.01. The van der Waals surface area contributed by atoms with Gasteiger partial charge < -0.3 is 0 Å². The van der Waals surface area contributed by atoms with E-state index in [4.69, 9.17) is 0 Å². The summed E-state index contributed by atoms with van der Waals surface area (Å²) < 4.78 is 0. The molecule has 4 nitrogen and oxygen atoms in total. The molecule has 2 aromatic rings. The number of imide groups is 1. The van der Waals surface area contributed by atoms with Crippen LogP contribution in [0.1, 0.15) is 33.2 Å². The van der Waals surface area contributed by atoms with Crippen molar-refractivity contribution in [3.8, 4) is 0 Å². The van der Waals surface area contributed by atoms with E-state index in [9.17, 15) is 14.4 Å². The number of carbonyl (C=O) groups excluding carboxylic acids is 3. The smallest absolute Gasteiger partial charge is 0.261 e. The van der Waals surface area contributed by atoms with Crippen molar-refractivity contribution in [1.82, 2.24) is 4.90 Å². The van der Waals surface area contributed by atoms with Gasteiger partial charge in [0.15, 0.2) is 5.12 Å². The maximum atomic E-state index is 12.7. The van der Waals surface area contributed by atoms with E-state index in [1.807, 2.05) is 30.3 Å². The molecule has 0 unspecified atom stereocenters. The van der Waals surface area contributed by atoms with Crippen LogP contribution >= 0.6 is 11.8 Å². The van der Waals surface area contributed by atoms with Crippen LogP contribution in [0.15, 0.2) is 54.6 Å². The first-order chi connectivity index (χ1) is 11.6. The van der Waals surface area contributed by atoms with Gasteiger partial charge >= 0.3 is 0 Å². The predicted octanol–water partition coefficient (Wildman–Crippen LogP) is 3.17. The molecule has 0 bridgehead atoms. The Balaban J connectivity index is 1.89. The summed E-state index contributed by atoms with van der Waals surface area (Å²) in [6.07, 6.45) is 0.534. The van der Waals surface area contributed by atoms with Crippen molar-refractivity contribution < 1.29 is 14.4 Å². The summed E-state index contributed by atoms with van der Waals surface area (Å²) in [6.45, 7) is 1.49. The molecule has 0 radical (unpaired) electrons. The maximum absolute atomic E-state index is 12.7. The molecule has 0 aliphatic carbocycles. The third-order valence-electron chi connectivity index (χ3n) is 3.98. The molecule has 24 heavy (non-hydrogen) atoms. The van der Waals surface area contributed by atoms with Crippen LogP contribution in [0.25, 0.3) is 0 Å². The number of fused-ring (bicyclic) bond motifs is 1. The average Bonchev–Trinajstić information content (AvgIpc) is 2.84. The van der Waals surface area contributed by atoms with Gasteiger partial charge in [0.05, 0.1) is 17.2 Å². The largest absolute Gasteiger partial charge is 0.288 e. The van der Waals surface area contributed by atoms with Gasteiger partial charge in [-0.1, -0.05) is 54.2 Å². The normalized spacial score (nSPS) is 14.6. The number of benzene rings is 2. The average molecular weight is 339 g/mol. The molecular weight excluding hydrogens is 322 g/mol. The van der Waals surface area contributed by atoms with Crippen molar-refractivity contribution in [3.05, 3.63) is 71.3 Å². The van der Waals surface area contributed by atoms with E-state index >= 15 is 0 Å². The number of hydrogen-bond donors (Lipinski definition) is 0. The van der Waals surface area contributed by atoms with Crippen LogP contribution in [0.3, 0.4) is 0 Å². The molecule has 0 N–H and O–H groups in total. The van der Waals surface area contributed by atoms with Crippen LogP contribution in [-0.2, 0) is 11.2 Å². The van der Waals surface area contributed by atoms with E-state index < -0.39 is 0 Å². The van der Waals surface area contributed by atoms with Crippen molar-refractivity contribution >= 4 is 28.7 Å². The van der Waals surface area contributed by atoms with Gasteiger partial charge in [-0.15, -0.1) is 0 Å². The summed E-state index contributed by atoms with van der Waals surface area (Å²) >= 11 is 1.14. The molecule has 2 aromatic carbocycles. The first-order valence-corrected chi connectivity index (χ1v) is 8.70. The number of nitrogens with zero attached hydrogens (tertiary/aromatic N) is 1. The Labute approximate surface area is 144 Å². The number of hydrogen-bond acceptors (Lipinski definition) is 4. The van der Waals surface area contributed by atoms with Crippen LogP contribution in [0.4, 0.5) is 0 Å². The van der Waals surface area contributed by atoms with Gasteiger partial charge in [-0.25, -0.2) is 0 Å².